The molecule has 0 amide bonds. The molecule has 0 aliphatic carbocycles. The van der Waals surface area contributed by atoms with Gasteiger partial charge in [0.05, 0.1) is 7.11 Å². The van der Waals surface area contributed by atoms with Crippen LogP contribution in [0.25, 0.3) is 0 Å². The summed E-state index contributed by atoms with van der Waals surface area (Å²) in [6.07, 6.45) is 4.17. The van der Waals surface area contributed by atoms with Crippen LogP contribution in [0.5, 0.6) is 0 Å². The fourth-order valence-electron chi connectivity index (χ4n) is 1.23. The molecule has 1 unspecified atom stereocenters. The van der Waals surface area contributed by atoms with Gasteiger partial charge < -0.3 is 10.5 Å². The van der Waals surface area contributed by atoms with E-state index < -0.39 is 5.54 Å². The predicted octanol–water partition coefficient (Wildman–Crippen LogP) is 2.19. The van der Waals surface area contributed by atoms with E-state index in [0.717, 1.165) is 12.2 Å². The molecule has 4 heteroatoms. The number of carbonyl (C=O) groups excluding carboxylic acids is 1. The van der Waals surface area contributed by atoms with Gasteiger partial charge in [-0.1, -0.05) is 13.3 Å². The maximum absolute atomic E-state index is 11.2. The van der Waals surface area contributed by atoms with Crippen LogP contribution < -0.4 is 5.73 Å². The molecule has 0 aromatic carbocycles. The van der Waals surface area contributed by atoms with Gasteiger partial charge in [0.15, 0.2) is 0 Å². The highest BCUT2D eigenvalue weighted by Crippen LogP contribution is 2.14. The van der Waals surface area contributed by atoms with Crippen molar-refractivity contribution in [3.8, 4) is 0 Å². The minimum Gasteiger partial charge on any atom is -0.468 e. The molecule has 0 aliphatic rings. The van der Waals surface area contributed by atoms with E-state index in [1.54, 1.807) is 6.92 Å². The molecule has 0 fully saturated rings. The van der Waals surface area contributed by atoms with Crippen molar-refractivity contribution in [2.45, 2.75) is 45.1 Å². The Hall–Kier alpha value is -0.220. The average molecular weight is 233 g/mol. The van der Waals surface area contributed by atoms with Gasteiger partial charge >= 0.3 is 5.97 Å². The predicted molar refractivity (Wildman–Crippen MR) is 66.1 cm³/mol. The minimum absolute atomic E-state index is 0.318. The standard InChI is InChI=1S/C11H23NO2S/c1-4-5-8-15-9-6-7-11(2,12)10(13)14-3/h4-9,12H2,1-3H3. The van der Waals surface area contributed by atoms with E-state index in [1.165, 1.54) is 25.7 Å². The van der Waals surface area contributed by atoms with Gasteiger partial charge in [-0.25, -0.2) is 0 Å². The average Bonchev–Trinajstić information content (AvgIpc) is 2.22. The van der Waals surface area contributed by atoms with Crippen molar-refractivity contribution in [1.29, 1.82) is 0 Å². The lowest BCUT2D eigenvalue weighted by atomic mass is 9.98. The number of carbonyl (C=O) groups is 1. The molecule has 0 radical (unpaired) electrons. The molecule has 0 saturated carbocycles. The summed E-state index contributed by atoms with van der Waals surface area (Å²) >= 11 is 1.93. The second-order valence-corrected chi connectivity index (χ2v) is 5.20. The van der Waals surface area contributed by atoms with E-state index in [9.17, 15) is 4.79 Å². The van der Waals surface area contributed by atoms with Gasteiger partial charge in [0.1, 0.15) is 5.54 Å². The molecule has 0 spiro atoms. The molecule has 3 nitrogen and oxygen atoms in total. The highest BCUT2D eigenvalue weighted by atomic mass is 32.2. The van der Waals surface area contributed by atoms with Gasteiger partial charge in [0, 0.05) is 0 Å². The molecular weight excluding hydrogens is 210 g/mol. The molecule has 15 heavy (non-hydrogen) atoms. The van der Waals surface area contributed by atoms with Crippen molar-refractivity contribution in [3.63, 3.8) is 0 Å². The molecule has 0 saturated heterocycles. The largest absolute Gasteiger partial charge is 0.468 e. The van der Waals surface area contributed by atoms with Crippen molar-refractivity contribution in [2.24, 2.45) is 5.73 Å². The molecule has 0 bridgehead atoms. The summed E-state index contributed by atoms with van der Waals surface area (Å²) in [5.74, 6) is 1.96. The highest BCUT2D eigenvalue weighted by Gasteiger charge is 2.28. The van der Waals surface area contributed by atoms with Crippen LogP contribution in [-0.2, 0) is 9.53 Å². The lowest BCUT2D eigenvalue weighted by Gasteiger charge is -2.20. The Bertz CT molecular complexity index is 183. The number of rotatable bonds is 8. The van der Waals surface area contributed by atoms with Crippen LogP contribution in [0.1, 0.15) is 39.5 Å². The van der Waals surface area contributed by atoms with Gasteiger partial charge in [-0.3, -0.25) is 4.79 Å². The van der Waals surface area contributed by atoms with E-state index in [0.29, 0.717) is 6.42 Å². The van der Waals surface area contributed by atoms with Crippen LogP contribution in [0.2, 0.25) is 0 Å². The summed E-state index contributed by atoms with van der Waals surface area (Å²) in [6.45, 7) is 3.92. The van der Waals surface area contributed by atoms with Crippen molar-refractivity contribution >= 4 is 17.7 Å². The summed E-state index contributed by atoms with van der Waals surface area (Å²) in [5, 5.41) is 0. The molecule has 0 aromatic heterocycles. The smallest absolute Gasteiger partial charge is 0.325 e. The lowest BCUT2D eigenvalue weighted by Crippen LogP contribution is -2.45. The van der Waals surface area contributed by atoms with Gasteiger partial charge in [0.2, 0.25) is 0 Å². The monoisotopic (exact) mass is 233 g/mol. The Morgan fingerprint density at radius 1 is 1.40 bits per heavy atom. The summed E-state index contributed by atoms with van der Waals surface area (Å²) in [5.41, 5.74) is 5.01. The normalized spacial score (nSPS) is 14.7. The number of ether oxygens (including phenoxy) is 1. The zero-order valence-corrected chi connectivity index (χ0v) is 10.9. The number of hydrogen-bond donors (Lipinski definition) is 1. The topological polar surface area (TPSA) is 52.3 Å². The summed E-state index contributed by atoms with van der Waals surface area (Å²) in [7, 11) is 1.38. The molecule has 1 atom stereocenters. The van der Waals surface area contributed by atoms with E-state index in [1.807, 2.05) is 11.8 Å². The molecule has 0 aromatic rings. The first-order chi connectivity index (χ1) is 7.04. The summed E-state index contributed by atoms with van der Waals surface area (Å²) in [4.78, 5) is 11.2. The molecule has 2 N–H and O–H groups in total. The van der Waals surface area contributed by atoms with Crippen LogP contribution in [-0.4, -0.2) is 30.1 Å². The van der Waals surface area contributed by atoms with Crippen molar-refractivity contribution in [1.82, 2.24) is 0 Å². The number of methoxy groups -OCH3 is 1. The first-order valence-corrected chi connectivity index (χ1v) is 6.65. The maximum Gasteiger partial charge on any atom is 0.325 e. The van der Waals surface area contributed by atoms with Crippen LogP contribution in [0.3, 0.4) is 0 Å². The second kappa shape index (κ2) is 7.99. The minimum atomic E-state index is -0.819. The Labute approximate surface area is 97.1 Å². The van der Waals surface area contributed by atoms with Crippen molar-refractivity contribution < 1.29 is 9.53 Å². The summed E-state index contributed by atoms with van der Waals surface area (Å²) < 4.78 is 4.64. The molecule has 0 heterocycles. The quantitative estimate of drug-likeness (QED) is 0.516. The third-order valence-corrected chi connectivity index (χ3v) is 3.43. The molecule has 0 aliphatic heterocycles. The zero-order valence-electron chi connectivity index (χ0n) is 10.0. The number of unbranched alkanes of at least 4 members (excludes halogenated alkanes) is 1. The molecule has 0 rings (SSSR count). The van der Waals surface area contributed by atoms with Gasteiger partial charge in [-0.15, -0.1) is 0 Å². The van der Waals surface area contributed by atoms with Gasteiger partial charge in [-0.05, 0) is 37.7 Å². The second-order valence-electron chi connectivity index (χ2n) is 3.98. The number of esters is 1. The first kappa shape index (κ1) is 14.8. The van der Waals surface area contributed by atoms with Crippen LogP contribution in [0.4, 0.5) is 0 Å². The van der Waals surface area contributed by atoms with Crippen molar-refractivity contribution in [3.05, 3.63) is 0 Å². The fourth-order valence-corrected chi connectivity index (χ4v) is 2.27. The van der Waals surface area contributed by atoms with Gasteiger partial charge in [-0.2, -0.15) is 11.8 Å². The highest BCUT2D eigenvalue weighted by molar-refractivity contribution is 7.99. The van der Waals surface area contributed by atoms with E-state index in [2.05, 4.69) is 11.7 Å². The number of thioether (sulfide) groups is 1. The van der Waals surface area contributed by atoms with E-state index >= 15 is 0 Å². The number of nitrogens with two attached hydrogens (primary N) is 1. The van der Waals surface area contributed by atoms with Crippen molar-refractivity contribution in [2.75, 3.05) is 18.6 Å². The Morgan fingerprint density at radius 3 is 2.53 bits per heavy atom. The Morgan fingerprint density at radius 2 is 2.00 bits per heavy atom. The SMILES string of the molecule is CCCCSCCCC(C)(N)C(=O)OC. The Balaban J connectivity index is 3.53. The fraction of sp³-hybridized carbons (Fsp3) is 0.909. The van der Waals surface area contributed by atoms with Crippen LogP contribution in [0, 0.1) is 0 Å². The Kier molecular flexibility index (Phi) is 7.88. The third kappa shape index (κ3) is 6.79. The zero-order chi connectivity index (χ0) is 11.7. The maximum atomic E-state index is 11.2. The van der Waals surface area contributed by atoms with Crippen LogP contribution in [0.15, 0.2) is 0 Å². The van der Waals surface area contributed by atoms with E-state index in [4.69, 9.17) is 5.73 Å². The van der Waals surface area contributed by atoms with E-state index in [-0.39, 0.29) is 5.97 Å². The lowest BCUT2D eigenvalue weighted by molar-refractivity contribution is -0.146. The third-order valence-electron chi connectivity index (χ3n) is 2.28. The van der Waals surface area contributed by atoms with Gasteiger partial charge in [0.25, 0.3) is 0 Å². The number of hydrogen-bond acceptors (Lipinski definition) is 4. The van der Waals surface area contributed by atoms with Crippen LogP contribution >= 0.6 is 11.8 Å². The molecule has 90 valence electrons. The summed E-state index contributed by atoms with van der Waals surface area (Å²) in [6, 6.07) is 0. The first-order valence-electron chi connectivity index (χ1n) is 5.49. The molecular formula is C11H23NO2S.